The molecule has 0 bridgehead atoms. The summed E-state index contributed by atoms with van der Waals surface area (Å²) in [5.41, 5.74) is 0. The van der Waals surface area contributed by atoms with Gasteiger partial charge in [-0.25, -0.2) is 0 Å². The quantitative estimate of drug-likeness (QED) is 0.670. The molecule has 1 amide bonds. The predicted octanol–water partition coefficient (Wildman–Crippen LogP) is 0.660. The van der Waals surface area contributed by atoms with Crippen LogP contribution in [0.25, 0.3) is 0 Å². The molecule has 0 unspecified atom stereocenters. The average molecular weight is 201 g/mol. The largest absolute Gasteiger partial charge is 0.375 e. The van der Waals surface area contributed by atoms with Crippen LogP contribution < -0.4 is 0 Å². The third kappa shape index (κ3) is 3.27. The van der Waals surface area contributed by atoms with E-state index in [2.05, 4.69) is 6.92 Å². The van der Waals surface area contributed by atoms with Gasteiger partial charge in [-0.05, 0) is 6.42 Å². The SMILES string of the molecule is CCC[C@H]1CN(C(=O)COC)CCO1. The molecule has 14 heavy (non-hydrogen) atoms. The Morgan fingerprint density at radius 3 is 3.07 bits per heavy atom. The van der Waals surface area contributed by atoms with E-state index in [9.17, 15) is 4.79 Å². The maximum absolute atomic E-state index is 11.5. The zero-order valence-corrected chi connectivity index (χ0v) is 8.99. The molecule has 0 aromatic carbocycles. The first-order chi connectivity index (χ1) is 6.77. The van der Waals surface area contributed by atoms with Crippen molar-refractivity contribution < 1.29 is 14.3 Å². The number of methoxy groups -OCH3 is 1. The molecule has 1 saturated heterocycles. The monoisotopic (exact) mass is 201 g/mol. The molecule has 0 aromatic heterocycles. The minimum Gasteiger partial charge on any atom is -0.375 e. The molecular formula is C10H19NO3. The lowest BCUT2D eigenvalue weighted by atomic mass is 10.2. The summed E-state index contributed by atoms with van der Waals surface area (Å²) in [6, 6.07) is 0. The van der Waals surface area contributed by atoms with Gasteiger partial charge in [0.1, 0.15) is 6.61 Å². The van der Waals surface area contributed by atoms with Gasteiger partial charge in [-0.15, -0.1) is 0 Å². The summed E-state index contributed by atoms with van der Waals surface area (Å²) < 4.78 is 10.4. The van der Waals surface area contributed by atoms with E-state index in [4.69, 9.17) is 9.47 Å². The highest BCUT2D eigenvalue weighted by Gasteiger charge is 2.22. The van der Waals surface area contributed by atoms with Crippen molar-refractivity contribution in [3.8, 4) is 0 Å². The zero-order chi connectivity index (χ0) is 10.4. The second-order valence-electron chi connectivity index (χ2n) is 3.55. The Kier molecular flexibility index (Phi) is 4.90. The van der Waals surface area contributed by atoms with Crippen LogP contribution >= 0.6 is 0 Å². The molecule has 0 N–H and O–H groups in total. The third-order valence-corrected chi connectivity index (χ3v) is 2.37. The first-order valence-corrected chi connectivity index (χ1v) is 5.16. The van der Waals surface area contributed by atoms with Gasteiger partial charge in [-0.3, -0.25) is 4.79 Å². The van der Waals surface area contributed by atoms with Crippen LogP contribution in [-0.2, 0) is 14.3 Å². The van der Waals surface area contributed by atoms with Crippen molar-refractivity contribution in [1.82, 2.24) is 4.90 Å². The van der Waals surface area contributed by atoms with Gasteiger partial charge in [0.25, 0.3) is 0 Å². The first-order valence-electron chi connectivity index (χ1n) is 5.16. The van der Waals surface area contributed by atoms with Crippen molar-refractivity contribution in [2.24, 2.45) is 0 Å². The van der Waals surface area contributed by atoms with E-state index in [0.717, 1.165) is 19.4 Å². The van der Waals surface area contributed by atoms with E-state index in [1.54, 1.807) is 7.11 Å². The van der Waals surface area contributed by atoms with E-state index in [1.807, 2.05) is 4.90 Å². The molecule has 4 nitrogen and oxygen atoms in total. The molecular weight excluding hydrogens is 182 g/mol. The molecule has 1 heterocycles. The molecule has 82 valence electrons. The van der Waals surface area contributed by atoms with E-state index in [1.165, 1.54) is 0 Å². The molecule has 1 fully saturated rings. The summed E-state index contributed by atoms with van der Waals surface area (Å²) in [4.78, 5) is 13.3. The van der Waals surface area contributed by atoms with Crippen LogP contribution in [0.5, 0.6) is 0 Å². The minimum absolute atomic E-state index is 0.0666. The highest BCUT2D eigenvalue weighted by atomic mass is 16.5. The van der Waals surface area contributed by atoms with Crippen molar-refractivity contribution >= 4 is 5.91 Å². The zero-order valence-electron chi connectivity index (χ0n) is 8.99. The number of carbonyl (C=O) groups excluding carboxylic acids is 1. The fourth-order valence-electron chi connectivity index (χ4n) is 1.66. The third-order valence-electron chi connectivity index (χ3n) is 2.37. The number of ether oxygens (including phenoxy) is 2. The number of nitrogens with zero attached hydrogens (tertiary/aromatic N) is 1. The molecule has 4 heteroatoms. The van der Waals surface area contributed by atoms with Crippen LogP contribution in [0, 0.1) is 0 Å². The van der Waals surface area contributed by atoms with Crippen molar-refractivity contribution in [3.05, 3.63) is 0 Å². The number of amides is 1. The molecule has 0 spiro atoms. The van der Waals surface area contributed by atoms with Crippen LogP contribution in [0.4, 0.5) is 0 Å². The van der Waals surface area contributed by atoms with Crippen LogP contribution in [0.1, 0.15) is 19.8 Å². The summed E-state index contributed by atoms with van der Waals surface area (Å²) in [7, 11) is 1.54. The molecule has 0 saturated carbocycles. The van der Waals surface area contributed by atoms with Crippen molar-refractivity contribution in [1.29, 1.82) is 0 Å². The van der Waals surface area contributed by atoms with Crippen LogP contribution in [0.15, 0.2) is 0 Å². The van der Waals surface area contributed by atoms with Gasteiger partial charge in [0.05, 0.1) is 12.7 Å². The Morgan fingerprint density at radius 2 is 2.43 bits per heavy atom. The predicted molar refractivity (Wildman–Crippen MR) is 53.1 cm³/mol. The molecule has 1 rings (SSSR count). The number of carbonyl (C=O) groups is 1. The fourth-order valence-corrected chi connectivity index (χ4v) is 1.66. The van der Waals surface area contributed by atoms with Gasteiger partial charge in [0.15, 0.2) is 0 Å². The Morgan fingerprint density at radius 1 is 1.64 bits per heavy atom. The van der Waals surface area contributed by atoms with E-state index in [-0.39, 0.29) is 18.6 Å². The maximum Gasteiger partial charge on any atom is 0.248 e. The lowest BCUT2D eigenvalue weighted by Gasteiger charge is -2.32. The maximum atomic E-state index is 11.5. The number of hydrogen-bond acceptors (Lipinski definition) is 3. The molecule has 0 aromatic rings. The minimum atomic E-state index is 0.0666. The summed E-state index contributed by atoms with van der Waals surface area (Å²) in [5.74, 6) is 0.0666. The standard InChI is InChI=1S/C10H19NO3/c1-3-4-9-7-11(5-6-14-9)10(12)8-13-2/h9H,3-8H2,1-2H3/t9-/m0/s1. The van der Waals surface area contributed by atoms with Gasteiger partial charge in [0.2, 0.25) is 5.91 Å². The molecule has 1 atom stereocenters. The number of morpholine rings is 1. The normalized spacial score (nSPS) is 22.4. The smallest absolute Gasteiger partial charge is 0.248 e. The Hall–Kier alpha value is -0.610. The van der Waals surface area contributed by atoms with Gasteiger partial charge in [-0.2, -0.15) is 0 Å². The first kappa shape index (κ1) is 11.5. The fraction of sp³-hybridized carbons (Fsp3) is 0.900. The van der Waals surface area contributed by atoms with Crippen molar-refractivity contribution in [2.45, 2.75) is 25.9 Å². The van der Waals surface area contributed by atoms with Gasteiger partial charge in [0, 0.05) is 20.2 Å². The lowest BCUT2D eigenvalue weighted by molar-refractivity contribution is -0.142. The van der Waals surface area contributed by atoms with E-state index >= 15 is 0 Å². The molecule has 1 aliphatic rings. The number of rotatable bonds is 4. The van der Waals surface area contributed by atoms with Gasteiger partial charge >= 0.3 is 0 Å². The highest BCUT2D eigenvalue weighted by molar-refractivity contribution is 5.77. The molecule has 0 aliphatic carbocycles. The van der Waals surface area contributed by atoms with Crippen LogP contribution in [0.3, 0.4) is 0 Å². The highest BCUT2D eigenvalue weighted by Crippen LogP contribution is 2.10. The van der Waals surface area contributed by atoms with Gasteiger partial charge < -0.3 is 14.4 Å². The van der Waals surface area contributed by atoms with Crippen LogP contribution in [-0.4, -0.2) is 50.3 Å². The lowest BCUT2D eigenvalue weighted by Crippen LogP contribution is -2.46. The summed E-state index contributed by atoms with van der Waals surface area (Å²) in [6.07, 6.45) is 2.34. The summed E-state index contributed by atoms with van der Waals surface area (Å²) >= 11 is 0. The van der Waals surface area contributed by atoms with E-state index in [0.29, 0.717) is 13.2 Å². The molecule has 1 aliphatic heterocycles. The second-order valence-corrected chi connectivity index (χ2v) is 3.55. The summed E-state index contributed by atoms with van der Waals surface area (Å²) in [5, 5.41) is 0. The van der Waals surface area contributed by atoms with Crippen LogP contribution in [0.2, 0.25) is 0 Å². The molecule has 0 radical (unpaired) electrons. The Bertz CT molecular complexity index is 182. The Labute approximate surface area is 85.2 Å². The average Bonchev–Trinajstić information content (AvgIpc) is 2.19. The topological polar surface area (TPSA) is 38.8 Å². The summed E-state index contributed by atoms with van der Waals surface area (Å²) in [6.45, 7) is 4.37. The van der Waals surface area contributed by atoms with Crippen molar-refractivity contribution in [2.75, 3.05) is 33.4 Å². The Balaban J connectivity index is 2.35. The second kappa shape index (κ2) is 5.98. The number of hydrogen-bond donors (Lipinski definition) is 0. The van der Waals surface area contributed by atoms with E-state index < -0.39 is 0 Å². The van der Waals surface area contributed by atoms with Crippen molar-refractivity contribution in [3.63, 3.8) is 0 Å². The van der Waals surface area contributed by atoms with Gasteiger partial charge in [-0.1, -0.05) is 13.3 Å².